The van der Waals surface area contributed by atoms with Gasteiger partial charge in [0, 0.05) is 12.5 Å². The molecule has 4 aliphatic rings. The molecule has 4 aliphatic carbocycles. The fraction of sp³-hybridized carbons (Fsp3) is 0.944. The molecule has 10 atom stereocenters. The molecule has 0 unspecified atom stereocenters. The largest absolute Gasteiger partial charge is 0.468 e. The number of amides is 1. The first-order valence-corrected chi connectivity index (χ1v) is 18.4. The Kier molecular flexibility index (Phi) is 13.6. The van der Waals surface area contributed by atoms with Crippen molar-refractivity contribution >= 4 is 11.9 Å². The van der Waals surface area contributed by atoms with Gasteiger partial charge in [-0.1, -0.05) is 20.8 Å². The number of rotatable bonds is 17. The zero-order valence-electron chi connectivity index (χ0n) is 29.0. The number of carbonyl (C=O) groups is 2. The Morgan fingerprint density at radius 1 is 0.956 bits per heavy atom. The number of nitrogens with two attached hydrogens (primary N) is 2. The van der Waals surface area contributed by atoms with Crippen molar-refractivity contribution in [1.82, 2.24) is 15.5 Å². The van der Waals surface area contributed by atoms with Crippen molar-refractivity contribution in [2.75, 3.05) is 52.9 Å². The molecule has 45 heavy (non-hydrogen) atoms. The maximum absolute atomic E-state index is 12.4. The van der Waals surface area contributed by atoms with Gasteiger partial charge in [0.05, 0.1) is 13.2 Å². The summed E-state index contributed by atoms with van der Waals surface area (Å²) < 4.78 is 4.64. The molecule has 4 saturated carbocycles. The summed E-state index contributed by atoms with van der Waals surface area (Å²) in [5.74, 6) is 2.72. The lowest BCUT2D eigenvalue weighted by Gasteiger charge is -2.62. The lowest BCUT2D eigenvalue weighted by molar-refractivity contribution is -0.167. The first kappa shape index (κ1) is 36.6. The summed E-state index contributed by atoms with van der Waals surface area (Å²) in [4.78, 5) is 26.3. The van der Waals surface area contributed by atoms with E-state index in [1.807, 2.05) is 0 Å². The van der Waals surface area contributed by atoms with Crippen LogP contribution in [-0.2, 0) is 14.3 Å². The minimum Gasteiger partial charge on any atom is -0.468 e. The number of nitrogens with one attached hydrogen (secondary N) is 2. The van der Waals surface area contributed by atoms with Crippen LogP contribution in [0.15, 0.2) is 0 Å². The molecule has 0 aromatic heterocycles. The highest BCUT2D eigenvalue weighted by Gasteiger charge is 2.62. The Hall–Kier alpha value is -1.26. The number of fused-ring (bicyclic) bond motifs is 5. The second-order valence-electron chi connectivity index (χ2n) is 15.8. The zero-order valence-corrected chi connectivity index (χ0v) is 29.0. The van der Waals surface area contributed by atoms with E-state index in [9.17, 15) is 14.7 Å². The third-order valence-corrected chi connectivity index (χ3v) is 13.4. The van der Waals surface area contributed by atoms with Gasteiger partial charge in [0.1, 0.15) is 6.54 Å². The van der Waals surface area contributed by atoms with Gasteiger partial charge in [-0.2, -0.15) is 0 Å². The van der Waals surface area contributed by atoms with E-state index in [-0.39, 0.29) is 24.0 Å². The number of hydrogen-bond donors (Lipinski definition) is 5. The summed E-state index contributed by atoms with van der Waals surface area (Å²) in [6.45, 7) is 13.1. The van der Waals surface area contributed by atoms with E-state index >= 15 is 0 Å². The zero-order chi connectivity index (χ0) is 32.6. The van der Waals surface area contributed by atoms with Crippen LogP contribution in [0.3, 0.4) is 0 Å². The number of aliphatic hydroxyl groups excluding tert-OH is 1. The summed E-state index contributed by atoms with van der Waals surface area (Å²) in [6.07, 6.45) is 13.9. The number of nitrogens with zero attached hydrogens (tertiary/aromatic N) is 1. The van der Waals surface area contributed by atoms with E-state index in [1.165, 1.54) is 52.1 Å². The number of aliphatic hydroxyl groups is 1. The van der Waals surface area contributed by atoms with Crippen molar-refractivity contribution in [2.24, 2.45) is 57.8 Å². The number of carbonyl (C=O) groups excluding carboxylic acids is 2. The van der Waals surface area contributed by atoms with Gasteiger partial charge in [-0.3, -0.25) is 9.59 Å². The highest BCUT2D eigenvalue weighted by atomic mass is 16.5. The Balaban J connectivity index is 1.28. The average molecular weight is 634 g/mol. The molecule has 260 valence electrons. The van der Waals surface area contributed by atoms with Crippen molar-refractivity contribution in [2.45, 2.75) is 116 Å². The van der Waals surface area contributed by atoms with Crippen LogP contribution >= 0.6 is 0 Å². The fourth-order valence-electron chi connectivity index (χ4n) is 10.8. The molecule has 4 fully saturated rings. The van der Waals surface area contributed by atoms with Crippen molar-refractivity contribution in [1.29, 1.82) is 0 Å². The van der Waals surface area contributed by atoms with Crippen molar-refractivity contribution in [3.8, 4) is 0 Å². The first-order chi connectivity index (χ1) is 21.6. The van der Waals surface area contributed by atoms with E-state index in [4.69, 9.17) is 11.5 Å². The summed E-state index contributed by atoms with van der Waals surface area (Å²) in [5, 5.41) is 18.4. The smallest absolute Gasteiger partial charge is 0.325 e. The van der Waals surface area contributed by atoms with Crippen molar-refractivity contribution in [3.63, 3.8) is 0 Å². The van der Waals surface area contributed by atoms with Gasteiger partial charge in [0.2, 0.25) is 5.91 Å². The van der Waals surface area contributed by atoms with Crippen LogP contribution in [0.5, 0.6) is 0 Å². The highest BCUT2D eigenvalue weighted by molar-refractivity contribution is 5.81. The van der Waals surface area contributed by atoms with E-state index in [1.54, 1.807) is 0 Å². The van der Waals surface area contributed by atoms with E-state index in [2.05, 4.69) is 41.0 Å². The molecule has 9 heteroatoms. The Morgan fingerprint density at radius 2 is 1.62 bits per heavy atom. The standard InChI is InChI=1S/C36H67N5O4/c1-25(8-11-32(43)40-24-33(44)45-4)28-9-10-29-34-30(13-15-36(28,29)3)35(2)14-12-27(22-26(35)23-31(34)42)39-18-7-21-41(19-5-16-37)20-6-17-38/h25-31,34,39,42H,5-24,37-38H2,1-4H3,(H,40,43)/t25-,26+,27+,28-,29+,30+,31-,34+,35+,36-/m1/s1. The van der Waals surface area contributed by atoms with Crippen molar-refractivity contribution < 1.29 is 19.4 Å². The molecular formula is C36H67N5O4. The van der Waals surface area contributed by atoms with E-state index in [0.717, 1.165) is 71.4 Å². The van der Waals surface area contributed by atoms with Crippen LogP contribution < -0.4 is 22.1 Å². The van der Waals surface area contributed by atoms with E-state index in [0.29, 0.717) is 53.4 Å². The predicted octanol–water partition coefficient (Wildman–Crippen LogP) is 3.67. The molecule has 0 heterocycles. The second-order valence-corrected chi connectivity index (χ2v) is 15.8. The molecule has 7 N–H and O–H groups in total. The molecule has 0 spiro atoms. The molecule has 0 aromatic carbocycles. The van der Waals surface area contributed by atoms with Gasteiger partial charge in [0.25, 0.3) is 0 Å². The molecule has 1 amide bonds. The normalized spacial score (nSPS) is 36.6. The lowest BCUT2D eigenvalue weighted by Crippen LogP contribution is -2.59. The molecule has 0 aromatic rings. The third-order valence-electron chi connectivity index (χ3n) is 13.4. The summed E-state index contributed by atoms with van der Waals surface area (Å²) in [7, 11) is 1.34. The topological polar surface area (TPSA) is 143 Å². The number of ether oxygens (including phenoxy) is 1. The summed E-state index contributed by atoms with van der Waals surface area (Å²) in [5.41, 5.74) is 12.1. The Morgan fingerprint density at radius 3 is 2.31 bits per heavy atom. The maximum atomic E-state index is 12.4. The van der Waals surface area contributed by atoms with Gasteiger partial charge in [-0.25, -0.2) is 0 Å². The lowest BCUT2D eigenvalue weighted by atomic mass is 9.43. The summed E-state index contributed by atoms with van der Waals surface area (Å²) in [6, 6.07) is 0.559. The quantitative estimate of drug-likeness (QED) is 0.121. The van der Waals surface area contributed by atoms with Crippen LogP contribution in [0.1, 0.15) is 104 Å². The molecular weight excluding hydrogens is 566 g/mol. The van der Waals surface area contributed by atoms with E-state index < -0.39 is 5.97 Å². The predicted molar refractivity (Wildman–Crippen MR) is 180 cm³/mol. The monoisotopic (exact) mass is 634 g/mol. The van der Waals surface area contributed by atoms with Crippen LogP contribution in [0.2, 0.25) is 0 Å². The SMILES string of the molecule is COC(=O)CNC(=O)CC[C@@H](C)[C@H]1CC[C@H]2[C@@H]3[C@H](O)C[C@@H]4C[C@@H](NCCCN(CCCN)CCCN)CC[C@]4(C)[C@H]3CC[C@]12C. The van der Waals surface area contributed by atoms with Gasteiger partial charge in [-0.15, -0.1) is 0 Å². The number of methoxy groups -OCH3 is 1. The highest BCUT2D eigenvalue weighted by Crippen LogP contribution is 2.68. The molecule has 0 aliphatic heterocycles. The molecule has 4 rings (SSSR count). The van der Waals surface area contributed by atoms with Crippen molar-refractivity contribution in [3.05, 3.63) is 0 Å². The van der Waals surface area contributed by atoms with Crippen LogP contribution in [0.25, 0.3) is 0 Å². The second kappa shape index (κ2) is 16.7. The van der Waals surface area contributed by atoms with Crippen LogP contribution in [0, 0.1) is 46.3 Å². The van der Waals surface area contributed by atoms with Crippen LogP contribution in [-0.4, -0.2) is 87.0 Å². The third kappa shape index (κ3) is 8.62. The minimum absolute atomic E-state index is 0.0611. The minimum atomic E-state index is -0.415. The number of hydrogen-bond acceptors (Lipinski definition) is 8. The fourth-order valence-corrected chi connectivity index (χ4v) is 10.8. The van der Waals surface area contributed by atoms with Gasteiger partial charge >= 0.3 is 5.97 Å². The molecule has 0 bridgehead atoms. The molecule has 0 saturated heterocycles. The summed E-state index contributed by atoms with van der Waals surface area (Å²) >= 11 is 0. The molecule has 9 nitrogen and oxygen atoms in total. The molecule has 0 radical (unpaired) electrons. The van der Waals surface area contributed by atoms with Gasteiger partial charge < -0.3 is 36.8 Å². The average Bonchev–Trinajstić information content (AvgIpc) is 3.39. The van der Waals surface area contributed by atoms with Gasteiger partial charge in [-0.05, 0) is 163 Å². The maximum Gasteiger partial charge on any atom is 0.325 e. The Labute approximate surface area is 273 Å². The number of esters is 1. The first-order valence-electron chi connectivity index (χ1n) is 18.4. The Bertz CT molecular complexity index is 944. The van der Waals surface area contributed by atoms with Crippen LogP contribution in [0.4, 0.5) is 0 Å². The van der Waals surface area contributed by atoms with Gasteiger partial charge in [0.15, 0.2) is 0 Å².